The van der Waals surface area contributed by atoms with Gasteiger partial charge in [0.1, 0.15) is 11.7 Å². The van der Waals surface area contributed by atoms with Crippen molar-refractivity contribution in [3.63, 3.8) is 0 Å². The average molecular weight is 476 g/mol. The maximum atomic E-state index is 14.6. The first-order chi connectivity index (χ1) is 15.9. The minimum Gasteiger partial charge on any atom is -0.355 e. The van der Waals surface area contributed by atoms with Crippen molar-refractivity contribution in [3.8, 4) is 0 Å². The lowest BCUT2D eigenvalue weighted by Crippen LogP contribution is -2.36. The molecule has 3 atom stereocenters. The third kappa shape index (κ3) is 7.19. The number of pyridine rings is 1. The number of hydrogen-bond acceptors (Lipinski definition) is 5. The molecule has 2 rings (SSSR count). The lowest BCUT2D eigenvalue weighted by atomic mass is 9.90. The predicted molar refractivity (Wildman–Crippen MR) is 136 cm³/mol. The lowest BCUT2D eigenvalue weighted by molar-refractivity contribution is -0.117. The summed E-state index contributed by atoms with van der Waals surface area (Å²) in [6.45, 7) is 18.3. The maximum Gasteiger partial charge on any atom is 0.270 e. The number of amides is 1. The van der Waals surface area contributed by atoms with Crippen molar-refractivity contribution in [3.05, 3.63) is 41.7 Å². The third-order valence-corrected chi connectivity index (χ3v) is 6.15. The Morgan fingerprint density at radius 3 is 2.62 bits per heavy atom. The molecule has 188 valence electrons. The van der Waals surface area contributed by atoms with Crippen LogP contribution in [-0.2, 0) is 10.7 Å². The molecular formula is C26H39F2N5O. The molecular weight excluding hydrogens is 436 g/mol. The molecule has 0 spiro atoms. The predicted octanol–water partition coefficient (Wildman–Crippen LogP) is 5.13. The van der Waals surface area contributed by atoms with E-state index in [-0.39, 0.29) is 23.4 Å². The van der Waals surface area contributed by atoms with Crippen LogP contribution in [0, 0.1) is 11.8 Å². The van der Waals surface area contributed by atoms with Crippen LogP contribution < -0.4 is 15.5 Å². The number of aromatic nitrogens is 1. The summed E-state index contributed by atoms with van der Waals surface area (Å²) in [4.78, 5) is 23.1. The van der Waals surface area contributed by atoms with Crippen molar-refractivity contribution >= 4 is 23.1 Å². The summed E-state index contributed by atoms with van der Waals surface area (Å²) in [5.74, 6) is -2.05. The number of carbonyl (C=O) groups excluding carboxylic acids is 1. The molecule has 2 N–H and O–H groups in total. The normalized spacial score (nSPS) is 21.4. The summed E-state index contributed by atoms with van der Waals surface area (Å²) in [5, 5.41) is 6.25. The van der Waals surface area contributed by atoms with Gasteiger partial charge >= 0.3 is 0 Å². The van der Waals surface area contributed by atoms with Gasteiger partial charge in [-0.2, -0.15) is 0 Å². The van der Waals surface area contributed by atoms with Crippen molar-refractivity contribution in [2.24, 2.45) is 16.8 Å². The van der Waals surface area contributed by atoms with E-state index in [1.54, 1.807) is 0 Å². The zero-order chi connectivity index (χ0) is 25.6. The van der Waals surface area contributed by atoms with Crippen LogP contribution in [0.2, 0.25) is 0 Å². The summed E-state index contributed by atoms with van der Waals surface area (Å²) in [5.41, 5.74) is 1.82. The van der Waals surface area contributed by atoms with Gasteiger partial charge in [0.15, 0.2) is 0 Å². The second-order valence-corrected chi connectivity index (χ2v) is 9.50. The Hall–Kier alpha value is -2.61. The molecule has 1 aliphatic rings. The number of anilines is 1. The Morgan fingerprint density at radius 2 is 2.06 bits per heavy atom. The SMILES string of the molecule is C=CN=C(NC(C)=O)/C(=C(\C)c1cc(C(C)(F)F)cc(N2CC(C)CN[C@@H](C)C2)n1)C(C)CC. The average Bonchev–Trinajstić information content (AvgIpc) is 2.93. The van der Waals surface area contributed by atoms with Crippen LogP contribution in [0.3, 0.4) is 0 Å². The van der Waals surface area contributed by atoms with Crippen molar-refractivity contribution in [1.29, 1.82) is 0 Å². The molecule has 0 radical (unpaired) electrons. The summed E-state index contributed by atoms with van der Waals surface area (Å²) >= 11 is 0. The Balaban J connectivity index is 2.75. The van der Waals surface area contributed by atoms with E-state index in [0.29, 0.717) is 35.4 Å². The van der Waals surface area contributed by atoms with E-state index in [1.807, 2.05) is 20.8 Å². The van der Waals surface area contributed by atoms with Crippen molar-refractivity contribution in [1.82, 2.24) is 15.6 Å². The minimum atomic E-state index is -3.03. The molecule has 1 amide bonds. The highest BCUT2D eigenvalue weighted by molar-refractivity contribution is 6.11. The van der Waals surface area contributed by atoms with Crippen LogP contribution in [0.25, 0.3) is 5.57 Å². The van der Waals surface area contributed by atoms with Crippen molar-refractivity contribution in [2.75, 3.05) is 24.5 Å². The topological polar surface area (TPSA) is 69.6 Å². The van der Waals surface area contributed by atoms with Gasteiger partial charge in [-0.05, 0) is 56.4 Å². The first kappa shape index (κ1) is 27.6. The number of halogens is 2. The fourth-order valence-corrected chi connectivity index (χ4v) is 4.17. The van der Waals surface area contributed by atoms with Gasteiger partial charge in [0.05, 0.1) is 5.69 Å². The van der Waals surface area contributed by atoms with Gasteiger partial charge < -0.3 is 15.5 Å². The number of rotatable bonds is 7. The quantitative estimate of drug-likeness (QED) is 0.424. The van der Waals surface area contributed by atoms with Crippen LogP contribution in [0.1, 0.15) is 66.1 Å². The Labute approximate surface area is 202 Å². The number of nitrogens with zero attached hydrogens (tertiary/aromatic N) is 3. The Morgan fingerprint density at radius 1 is 1.38 bits per heavy atom. The zero-order valence-corrected chi connectivity index (χ0v) is 21.5. The molecule has 0 bridgehead atoms. The monoisotopic (exact) mass is 475 g/mol. The molecule has 0 aromatic carbocycles. The van der Waals surface area contributed by atoms with Gasteiger partial charge in [0.2, 0.25) is 5.91 Å². The largest absolute Gasteiger partial charge is 0.355 e. The third-order valence-electron chi connectivity index (χ3n) is 6.15. The lowest BCUT2D eigenvalue weighted by Gasteiger charge is -2.27. The highest BCUT2D eigenvalue weighted by Gasteiger charge is 2.29. The zero-order valence-electron chi connectivity index (χ0n) is 21.5. The molecule has 2 heterocycles. The molecule has 2 unspecified atom stereocenters. The summed E-state index contributed by atoms with van der Waals surface area (Å²) < 4.78 is 29.2. The fraction of sp³-hybridized carbons (Fsp3) is 0.577. The second-order valence-electron chi connectivity index (χ2n) is 9.50. The van der Waals surface area contributed by atoms with Gasteiger partial charge in [0.25, 0.3) is 5.92 Å². The van der Waals surface area contributed by atoms with Crippen LogP contribution in [0.15, 0.2) is 35.5 Å². The molecule has 1 aromatic rings. The maximum absolute atomic E-state index is 14.6. The number of aliphatic imine (C=N–C) groups is 1. The standard InChI is InChI=1S/C26H39F2N5O/c1-9-17(4)24(25(29-10-2)31-20(7)34)19(6)22-11-21(26(8,27)28)12-23(32-22)33-14-16(3)13-30-18(5)15-33/h10-12,16-18,30H,2,9,13-15H2,1,3-8H3,(H,29,31,34)/b24-19+/t16?,17?,18-/m0/s1. The number of nitrogens with one attached hydrogen (secondary N) is 2. The molecule has 1 aliphatic heterocycles. The van der Waals surface area contributed by atoms with Crippen LogP contribution in [-0.4, -0.2) is 42.4 Å². The molecule has 1 saturated heterocycles. The summed E-state index contributed by atoms with van der Waals surface area (Å²) in [6.07, 6.45) is 2.13. The molecule has 0 saturated carbocycles. The van der Waals surface area contributed by atoms with E-state index in [1.165, 1.54) is 25.3 Å². The number of alkyl halides is 2. The Bertz CT molecular complexity index is 939. The van der Waals surface area contributed by atoms with Crippen LogP contribution >= 0.6 is 0 Å². The van der Waals surface area contributed by atoms with E-state index in [0.717, 1.165) is 32.0 Å². The molecule has 8 heteroatoms. The number of carbonyl (C=O) groups is 1. The number of allylic oxidation sites excluding steroid dienone is 1. The van der Waals surface area contributed by atoms with E-state index in [9.17, 15) is 13.6 Å². The van der Waals surface area contributed by atoms with Crippen LogP contribution in [0.5, 0.6) is 0 Å². The van der Waals surface area contributed by atoms with E-state index in [2.05, 4.69) is 41.0 Å². The van der Waals surface area contributed by atoms with Crippen molar-refractivity contribution in [2.45, 2.75) is 66.9 Å². The number of amidine groups is 1. The molecule has 1 aromatic heterocycles. The van der Waals surface area contributed by atoms with E-state index < -0.39 is 5.92 Å². The molecule has 6 nitrogen and oxygen atoms in total. The van der Waals surface area contributed by atoms with Crippen LogP contribution in [0.4, 0.5) is 14.6 Å². The van der Waals surface area contributed by atoms with E-state index in [4.69, 9.17) is 4.98 Å². The van der Waals surface area contributed by atoms with Gasteiger partial charge in [-0.15, -0.1) is 0 Å². The minimum absolute atomic E-state index is 0.00373. The van der Waals surface area contributed by atoms with Gasteiger partial charge in [-0.1, -0.05) is 27.4 Å². The van der Waals surface area contributed by atoms with E-state index >= 15 is 0 Å². The summed E-state index contributed by atoms with van der Waals surface area (Å²) in [7, 11) is 0. The van der Waals surface area contributed by atoms with Crippen molar-refractivity contribution < 1.29 is 13.6 Å². The molecule has 34 heavy (non-hydrogen) atoms. The van der Waals surface area contributed by atoms with Gasteiger partial charge in [0, 0.05) is 50.3 Å². The second kappa shape index (κ2) is 11.7. The van der Waals surface area contributed by atoms with Gasteiger partial charge in [-0.25, -0.2) is 18.8 Å². The van der Waals surface area contributed by atoms with Gasteiger partial charge in [-0.3, -0.25) is 4.79 Å². The fourth-order valence-electron chi connectivity index (χ4n) is 4.17. The Kier molecular flexibility index (Phi) is 9.50. The highest BCUT2D eigenvalue weighted by atomic mass is 19.3. The summed E-state index contributed by atoms with van der Waals surface area (Å²) in [6, 6.07) is 3.15. The highest BCUT2D eigenvalue weighted by Crippen LogP contribution is 2.34. The first-order valence-corrected chi connectivity index (χ1v) is 11.9. The molecule has 1 fully saturated rings. The molecule has 0 aliphatic carbocycles. The number of hydrogen-bond donors (Lipinski definition) is 2. The smallest absolute Gasteiger partial charge is 0.270 e. The first-order valence-electron chi connectivity index (χ1n) is 11.9.